The highest BCUT2D eigenvalue weighted by atomic mass is 16.2. The van der Waals surface area contributed by atoms with Gasteiger partial charge in [-0.2, -0.15) is 5.10 Å². The predicted molar refractivity (Wildman–Crippen MR) is 75.2 cm³/mol. The van der Waals surface area contributed by atoms with Gasteiger partial charge in [0.05, 0.1) is 5.52 Å². The van der Waals surface area contributed by atoms with Crippen LogP contribution in [0.4, 0.5) is 5.82 Å². The van der Waals surface area contributed by atoms with E-state index < -0.39 is 6.04 Å². The topological polar surface area (TPSA) is 76.0 Å². The number of hydrogen-bond acceptors (Lipinski definition) is 4. The van der Waals surface area contributed by atoms with E-state index in [4.69, 9.17) is 0 Å². The van der Waals surface area contributed by atoms with Gasteiger partial charge in [-0.1, -0.05) is 12.1 Å². The summed E-state index contributed by atoms with van der Waals surface area (Å²) in [5.41, 5.74) is 2.18. The Hall–Kier alpha value is -2.37. The molecule has 0 aliphatic carbocycles. The number of carbonyl (C=O) groups excluding carboxylic acids is 2. The molecule has 1 saturated heterocycles. The van der Waals surface area contributed by atoms with Crippen LogP contribution < -0.4 is 10.6 Å². The van der Waals surface area contributed by atoms with Gasteiger partial charge in [0.15, 0.2) is 5.82 Å². The van der Waals surface area contributed by atoms with Gasteiger partial charge in [0.25, 0.3) is 0 Å². The van der Waals surface area contributed by atoms with Crippen molar-refractivity contribution in [2.75, 3.05) is 5.32 Å². The van der Waals surface area contributed by atoms with Crippen LogP contribution in [0.5, 0.6) is 0 Å². The Morgan fingerprint density at radius 3 is 2.95 bits per heavy atom. The molecule has 2 aromatic rings. The van der Waals surface area contributed by atoms with E-state index in [2.05, 4.69) is 15.7 Å². The van der Waals surface area contributed by atoms with Crippen LogP contribution in [0.2, 0.25) is 0 Å². The molecule has 104 valence electrons. The molecule has 6 nitrogen and oxygen atoms in total. The summed E-state index contributed by atoms with van der Waals surface area (Å²) in [6.07, 6.45) is 0.849. The summed E-state index contributed by atoms with van der Waals surface area (Å²) in [5, 5.41) is 10.9. The molecular formula is C14H16N4O2. The first kappa shape index (κ1) is 12.7. The van der Waals surface area contributed by atoms with Gasteiger partial charge in [-0.3, -0.25) is 19.6 Å². The maximum Gasteiger partial charge on any atom is 0.249 e. The van der Waals surface area contributed by atoms with Crippen molar-refractivity contribution in [2.45, 2.75) is 25.8 Å². The van der Waals surface area contributed by atoms with Gasteiger partial charge in [-0.25, -0.2) is 0 Å². The molecule has 1 aliphatic rings. The third-order valence-corrected chi connectivity index (χ3v) is 3.62. The van der Waals surface area contributed by atoms with Gasteiger partial charge in [0, 0.05) is 18.9 Å². The summed E-state index contributed by atoms with van der Waals surface area (Å²) in [6, 6.07) is 5.56. The van der Waals surface area contributed by atoms with Gasteiger partial charge >= 0.3 is 0 Å². The molecule has 0 bridgehead atoms. The van der Waals surface area contributed by atoms with Gasteiger partial charge in [-0.05, 0) is 25.0 Å². The highest BCUT2D eigenvalue weighted by molar-refractivity contribution is 6.02. The minimum absolute atomic E-state index is 0.213. The molecule has 1 aromatic carbocycles. The Balaban J connectivity index is 1.94. The van der Waals surface area contributed by atoms with Crippen LogP contribution in [-0.4, -0.2) is 27.6 Å². The van der Waals surface area contributed by atoms with E-state index in [9.17, 15) is 9.59 Å². The van der Waals surface area contributed by atoms with Crippen molar-refractivity contribution in [3.63, 3.8) is 0 Å². The van der Waals surface area contributed by atoms with Crippen molar-refractivity contribution >= 4 is 28.5 Å². The zero-order valence-electron chi connectivity index (χ0n) is 11.4. The molecule has 0 radical (unpaired) electrons. The monoisotopic (exact) mass is 272 g/mol. The van der Waals surface area contributed by atoms with E-state index in [1.54, 1.807) is 4.68 Å². The Morgan fingerprint density at radius 1 is 1.40 bits per heavy atom. The fourth-order valence-electron chi connectivity index (χ4n) is 2.64. The second-order valence-electron chi connectivity index (χ2n) is 5.09. The number of para-hydroxylation sites is 1. The molecule has 0 spiro atoms. The zero-order valence-corrected chi connectivity index (χ0v) is 11.4. The Kier molecular flexibility index (Phi) is 2.93. The third kappa shape index (κ3) is 2.03. The summed E-state index contributed by atoms with van der Waals surface area (Å²) in [6.45, 7) is 2.03. The molecule has 2 amide bonds. The van der Waals surface area contributed by atoms with Crippen molar-refractivity contribution in [3.8, 4) is 0 Å². The molecule has 1 atom stereocenters. The molecule has 20 heavy (non-hydrogen) atoms. The predicted octanol–water partition coefficient (Wildman–Crippen LogP) is 1.10. The first-order chi connectivity index (χ1) is 9.56. The van der Waals surface area contributed by atoms with Gasteiger partial charge < -0.3 is 5.32 Å². The minimum Gasteiger partial charge on any atom is -0.356 e. The molecule has 1 aliphatic heterocycles. The average molecular weight is 272 g/mol. The van der Waals surface area contributed by atoms with E-state index in [1.807, 2.05) is 32.2 Å². The van der Waals surface area contributed by atoms with E-state index in [0.717, 1.165) is 16.5 Å². The van der Waals surface area contributed by atoms with Gasteiger partial charge in [0.2, 0.25) is 11.8 Å². The van der Waals surface area contributed by atoms with Crippen LogP contribution in [0.3, 0.4) is 0 Å². The lowest BCUT2D eigenvalue weighted by molar-refractivity contribution is -0.133. The summed E-state index contributed by atoms with van der Waals surface area (Å²) in [5.74, 6) is 0.183. The standard InChI is InChI=1S/C14H16N4O2/c1-8-4-3-5-9-12(8)18(2)17-13(9)15-10-6-7-11(19)16-14(10)20/h3-5,10H,6-7H2,1-2H3,(H,15,17)(H,16,19,20). The molecule has 2 heterocycles. The summed E-state index contributed by atoms with van der Waals surface area (Å²) >= 11 is 0. The van der Waals surface area contributed by atoms with Crippen molar-refractivity contribution in [1.82, 2.24) is 15.1 Å². The Bertz CT molecular complexity index is 705. The van der Waals surface area contributed by atoms with E-state index >= 15 is 0 Å². The zero-order chi connectivity index (χ0) is 14.3. The number of piperidine rings is 1. The molecule has 1 aromatic heterocycles. The maximum atomic E-state index is 11.8. The van der Waals surface area contributed by atoms with Crippen LogP contribution in [-0.2, 0) is 16.6 Å². The van der Waals surface area contributed by atoms with Gasteiger partial charge in [-0.15, -0.1) is 0 Å². The fourth-order valence-corrected chi connectivity index (χ4v) is 2.64. The van der Waals surface area contributed by atoms with Crippen LogP contribution in [0.1, 0.15) is 18.4 Å². The van der Waals surface area contributed by atoms with Crippen LogP contribution in [0.15, 0.2) is 18.2 Å². The molecule has 0 saturated carbocycles. The molecule has 1 unspecified atom stereocenters. The fraction of sp³-hybridized carbons (Fsp3) is 0.357. The third-order valence-electron chi connectivity index (χ3n) is 3.62. The number of imide groups is 1. The molecule has 3 rings (SSSR count). The van der Waals surface area contributed by atoms with Crippen LogP contribution >= 0.6 is 0 Å². The number of nitrogens with zero attached hydrogens (tertiary/aromatic N) is 2. The second kappa shape index (κ2) is 4.63. The minimum atomic E-state index is -0.411. The van der Waals surface area contributed by atoms with Crippen molar-refractivity contribution in [1.29, 1.82) is 0 Å². The quantitative estimate of drug-likeness (QED) is 0.803. The van der Waals surface area contributed by atoms with E-state index in [1.165, 1.54) is 0 Å². The Morgan fingerprint density at radius 2 is 2.20 bits per heavy atom. The lowest BCUT2D eigenvalue weighted by Crippen LogP contribution is -2.47. The maximum absolute atomic E-state index is 11.8. The summed E-state index contributed by atoms with van der Waals surface area (Å²) in [4.78, 5) is 22.9. The molecule has 6 heteroatoms. The number of hydrogen-bond donors (Lipinski definition) is 2. The number of aryl methyl sites for hydroxylation is 2. The molecule has 1 fully saturated rings. The number of benzene rings is 1. The van der Waals surface area contributed by atoms with E-state index in [0.29, 0.717) is 18.7 Å². The van der Waals surface area contributed by atoms with Gasteiger partial charge in [0.1, 0.15) is 6.04 Å². The highest BCUT2D eigenvalue weighted by Gasteiger charge is 2.27. The SMILES string of the molecule is Cc1cccc2c(NC3CCC(=O)NC3=O)nn(C)c12. The highest BCUT2D eigenvalue weighted by Crippen LogP contribution is 2.26. The smallest absolute Gasteiger partial charge is 0.249 e. The lowest BCUT2D eigenvalue weighted by Gasteiger charge is -2.21. The first-order valence-electron chi connectivity index (χ1n) is 6.59. The second-order valence-corrected chi connectivity index (χ2v) is 5.09. The summed E-state index contributed by atoms with van der Waals surface area (Å²) < 4.78 is 1.80. The van der Waals surface area contributed by atoms with Crippen molar-refractivity contribution in [2.24, 2.45) is 7.05 Å². The van der Waals surface area contributed by atoms with Crippen LogP contribution in [0, 0.1) is 6.92 Å². The molecule has 2 N–H and O–H groups in total. The number of rotatable bonds is 2. The van der Waals surface area contributed by atoms with Crippen LogP contribution in [0.25, 0.3) is 10.9 Å². The number of carbonyl (C=O) groups is 2. The first-order valence-corrected chi connectivity index (χ1v) is 6.59. The number of nitrogens with one attached hydrogen (secondary N) is 2. The lowest BCUT2D eigenvalue weighted by atomic mass is 10.1. The van der Waals surface area contributed by atoms with Crippen molar-refractivity contribution in [3.05, 3.63) is 23.8 Å². The summed E-state index contributed by atoms with van der Waals surface area (Å²) in [7, 11) is 1.88. The largest absolute Gasteiger partial charge is 0.356 e. The number of anilines is 1. The van der Waals surface area contributed by atoms with Crippen molar-refractivity contribution < 1.29 is 9.59 Å². The number of fused-ring (bicyclic) bond motifs is 1. The Labute approximate surface area is 116 Å². The average Bonchev–Trinajstić information content (AvgIpc) is 2.71. The van der Waals surface area contributed by atoms with E-state index in [-0.39, 0.29) is 11.8 Å². The number of aromatic nitrogens is 2. The normalized spacial score (nSPS) is 19.2. The molecular weight excluding hydrogens is 256 g/mol. The number of amides is 2.